The monoisotopic (exact) mass is 408 g/mol. The molecule has 0 atom stereocenters. The van der Waals surface area contributed by atoms with Crippen LogP contribution in [-0.4, -0.2) is 26.7 Å². The molecule has 0 aliphatic heterocycles. The Labute approximate surface area is 176 Å². The molecule has 2 N–H and O–H groups in total. The number of nitrogens with zero attached hydrogens (tertiary/aromatic N) is 2. The fraction of sp³-hybridized carbons (Fsp3) is 0.304. The number of hydrogen-bond donors (Lipinski definition) is 2. The summed E-state index contributed by atoms with van der Waals surface area (Å²) in [7, 11) is 3.76. The van der Waals surface area contributed by atoms with Crippen molar-refractivity contribution >= 4 is 23.4 Å². The molecule has 30 heavy (non-hydrogen) atoms. The number of carbonyl (C=O) groups is 2. The molecule has 3 aromatic rings. The van der Waals surface area contributed by atoms with Crippen molar-refractivity contribution in [1.29, 1.82) is 0 Å². The lowest BCUT2D eigenvalue weighted by atomic mass is 10.1. The minimum Gasteiger partial charge on any atom is -0.444 e. The Morgan fingerprint density at radius 1 is 0.867 bits per heavy atom. The van der Waals surface area contributed by atoms with Gasteiger partial charge in [0.15, 0.2) is 0 Å². The number of aromatic nitrogens is 2. The van der Waals surface area contributed by atoms with Crippen molar-refractivity contribution in [3.63, 3.8) is 0 Å². The van der Waals surface area contributed by atoms with Crippen LogP contribution in [0.4, 0.5) is 16.2 Å². The second kappa shape index (κ2) is 8.10. The first kappa shape index (κ1) is 21.2. The van der Waals surface area contributed by atoms with Gasteiger partial charge in [-0.05, 0) is 63.1 Å². The summed E-state index contributed by atoms with van der Waals surface area (Å²) >= 11 is 0. The Morgan fingerprint density at radius 3 is 2.10 bits per heavy atom. The molecule has 0 unspecified atom stereocenters. The van der Waals surface area contributed by atoms with Crippen molar-refractivity contribution in [1.82, 2.24) is 9.13 Å². The van der Waals surface area contributed by atoms with Gasteiger partial charge in [0.2, 0.25) is 0 Å². The molecule has 7 heteroatoms. The normalized spacial score (nSPS) is 11.3. The van der Waals surface area contributed by atoms with Crippen LogP contribution in [0.5, 0.6) is 0 Å². The smallest absolute Gasteiger partial charge is 0.412 e. The molecule has 0 radical (unpaired) electrons. The zero-order valence-corrected chi connectivity index (χ0v) is 18.2. The first-order valence-corrected chi connectivity index (χ1v) is 9.73. The first-order chi connectivity index (χ1) is 14.0. The molecule has 2 amide bonds. The van der Waals surface area contributed by atoms with Crippen molar-refractivity contribution in [2.24, 2.45) is 14.1 Å². The van der Waals surface area contributed by atoms with Gasteiger partial charge in [-0.15, -0.1) is 0 Å². The summed E-state index contributed by atoms with van der Waals surface area (Å²) in [6.07, 6.45) is 3.18. The predicted molar refractivity (Wildman–Crippen MR) is 119 cm³/mol. The van der Waals surface area contributed by atoms with Gasteiger partial charge in [0.05, 0.1) is 5.69 Å². The van der Waals surface area contributed by atoms with E-state index in [9.17, 15) is 9.59 Å². The second-order valence-corrected chi connectivity index (χ2v) is 8.36. The van der Waals surface area contributed by atoms with E-state index >= 15 is 0 Å². The number of amides is 2. The number of anilines is 2. The number of nitrogens with one attached hydrogen (secondary N) is 2. The van der Waals surface area contributed by atoms with E-state index in [1.807, 2.05) is 31.3 Å². The van der Waals surface area contributed by atoms with E-state index in [1.165, 1.54) is 5.69 Å². The van der Waals surface area contributed by atoms with E-state index in [4.69, 9.17) is 4.74 Å². The Bertz CT molecular complexity index is 1050. The van der Waals surface area contributed by atoms with Crippen LogP contribution in [0.25, 0.3) is 11.1 Å². The Hall–Kier alpha value is -3.48. The van der Waals surface area contributed by atoms with Crippen LogP contribution in [0.3, 0.4) is 0 Å². The third-order valence-corrected chi connectivity index (χ3v) is 4.61. The van der Waals surface area contributed by atoms with Crippen molar-refractivity contribution in [2.75, 3.05) is 10.6 Å². The summed E-state index contributed by atoms with van der Waals surface area (Å²) in [6.45, 7) is 7.44. The van der Waals surface area contributed by atoms with Crippen molar-refractivity contribution in [2.45, 2.75) is 33.3 Å². The van der Waals surface area contributed by atoms with E-state index in [-0.39, 0.29) is 5.91 Å². The highest BCUT2D eigenvalue weighted by atomic mass is 16.6. The van der Waals surface area contributed by atoms with Gasteiger partial charge in [0, 0.05) is 37.9 Å². The number of rotatable bonds is 4. The largest absolute Gasteiger partial charge is 0.444 e. The van der Waals surface area contributed by atoms with Crippen LogP contribution >= 0.6 is 0 Å². The maximum Gasteiger partial charge on any atom is 0.412 e. The highest BCUT2D eigenvalue weighted by Gasteiger charge is 2.18. The van der Waals surface area contributed by atoms with Crippen molar-refractivity contribution < 1.29 is 14.3 Å². The molecule has 3 rings (SSSR count). The van der Waals surface area contributed by atoms with E-state index in [2.05, 4.69) is 34.4 Å². The molecule has 0 spiro atoms. The average molecular weight is 409 g/mol. The molecule has 0 bridgehead atoms. The predicted octanol–water partition coefficient (Wildman–Crippen LogP) is 4.94. The van der Waals surface area contributed by atoms with E-state index < -0.39 is 11.7 Å². The van der Waals surface area contributed by atoms with Gasteiger partial charge in [0.1, 0.15) is 11.3 Å². The Morgan fingerprint density at radius 2 is 1.53 bits per heavy atom. The fourth-order valence-corrected chi connectivity index (χ4v) is 3.05. The molecule has 0 fully saturated rings. The van der Waals surface area contributed by atoms with Crippen LogP contribution in [0.15, 0.2) is 48.8 Å². The molecule has 0 aliphatic rings. The van der Waals surface area contributed by atoms with Gasteiger partial charge < -0.3 is 19.2 Å². The average Bonchev–Trinajstić information content (AvgIpc) is 3.16. The van der Waals surface area contributed by atoms with Gasteiger partial charge in [-0.25, -0.2) is 4.79 Å². The third-order valence-electron chi connectivity index (χ3n) is 4.61. The van der Waals surface area contributed by atoms with Gasteiger partial charge in [-0.3, -0.25) is 10.1 Å². The SMILES string of the molecule is Cc1cc(-c2ccc(NC(=O)c3cc(NC(=O)OC(C)(C)C)cn3C)cc2)cn1C. The number of ether oxygens (including phenoxy) is 1. The number of hydrogen-bond acceptors (Lipinski definition) is 3. The Balaban J connectivity index is 1.67. The quantitative estimate of drug-likeness (QED) is 0.642. The summed E-state index contributed by atoms with van der Waals surface area (Å²) in [5.41, 5.74) is 4.41. The standard InChI is InChI=1S/C23H28N4O3/c1-15-11-17(13-26(15)5)16-7-9-18(10-8-16)24-21(28)20-12-19(14-27(20)6)25-22(29)30-23(2,3)4/h7-14H,1-6H3,(H,24,28)(H,25,29). The minimum absolute atomic E-state index is 0.266. The molecule has 2 aromatic heterocycles. The first-order valence-electron chi connectivity index (χ1n) is 9.73. The van der Waals surface area contributed by atoms with E-state index in [0.717, 1.165) is 11.1 Å². The summed E-state index contributed by atoms with van der Waals surface area (Å²) < 4.78 is 8.97. The zero-order valence-electron chi connectivity index (χ0n) is 18.2. The van der Waals surface area contributed by atoms with Gasteiger partial charge >= 0.3 is 6.09 Å². The lowest BCUT2D eigenvalue weighted by molar-refractivity contribution is 0.0635. The topological polar surface area (TPSA) is 77.3 Å². The maximum absolute atomic E-state index is 12.7. The lowest BCUT2D eigenvalue weighted by Crippen LogP contribution is -2.27. The van der Waals surface area contributed by atoms with Crippen LogP contribution in [0.2, 0.25) is 0 Å². The van der Waals surface area contributed by atoms with Gasteiger partial charge in [0.25, 0.3) is 5.91 Å². The number of aryl methyl sites for hydroxylation is 3. The fourth-order valence-electron chi connectivity index (χ4n) is 3.05. The number of carbonyl (C=O) groups excluding carboxylic acids is 2. The molecular formula is C23H28N4O3. The molecular weight excluding hydrogens is 380 g/mol. The Kier molecular flexibility index (Phi) is 5.73. The minimum atomic E-state index is -0.594. The summed E-state index contributed by atoms with van der Waals surface area (Å²) in [6, 6.07) is 11.4. The molecule has 0 saturated heterocycles. The molecule has 7 nitrogen and oxygen atoms in total. The molecule has 0 saturated carbocycles. The van der Waals surface area contributed by atoms with Crippen LogP contribution in [-0.2, 0) is 18.8 Å². The molecule has 0 aliphatic carbocycles. The summed E-state index contributed by atoms with van der Waals surface area (Å²) in [5, 5.41) is 5.54. The van der Waals surface area contributed by atoms with Gasteiger partial charge in [-0.2, -0.15) is 0 Å². The molecule has 1 aromatic carbocycles. The van der Waals surface area contributed by atoms with Crippen LogP contribution < -0.4 is 10.6 Å². The van der Waals surface area contributed by atoms with E-state index in [0.29, 0.717) is 17.1 Å². The van der Waals surface area contributed by atoms with Crippen LogP contribution in [0, 0.1) is 6.92 Å². The second-order valence-electron chi connectivity index (χ2n) is 8.36. The molecule has 158 valence electrons. The summed E-state index contributed by atoms with van der Waals surface area (Å²) in [4.78, 5) is 24.6. The molecule has 2 heterocycles. The maximum atomic E-state index is 12.7. The highest BCUT2D eigenvalue weighted by molar-refractivity contribution is 6.04. The van der Waals surface area contributed by atoms with Crippen molar-refractivity contribution in [3.05, 3.63) is 60.2 Å². The lowest BCUT2D eigenvalue weighted by Gasteiger charge is -2.19. The number of benzene rings is 1. The third kappa shape index (κ3) is 5.11. The van der Waals surface area contributed by atoms with Crippen molar-refractivity contribution in [3.8, 4) is 11.1 Å². The summed E-state index contributed by atoms with van der Waals surface area (Å²) in [5.74, 6) is -0.266. The van der Waals surface area contributed by atoms with Gasteiger partial charge in [-0.1, -0.05) is 12.1 Å². The highest BCUT2D eigenvalue weighted by Crippen LogP contribution is 2.24. The van der Waals surface area contributed by atoms with Crippen LogP contribution in [0.1, 0.15) is 37.0 Å². The zero-order chi connectivity index (χ0) is 22.1. The van der Waals surface area contributed by atoms with E-state index in [1.54, 1.807) is 44.6 Å².